The van der Waals surface area contributed by atoms with Crippen LogP contribution in [0.2, 0.25) is 0 Å². The number of rotatable bonds is 56. The van der Waals surface area contributed by atoms with Crippen molar-refractivity contribution < 1.29 is 20.1 Å². The first-order valence-corrected chi connectivity index (χ1v) is 30.2. The lowest BCUT2D eigenvalue weighted by Crippen LogP contribution is -2.48. The highest BCUT2D eigenvalue weighted by Gasteiger charge is 2.22. The molecule has 0 aliphatic carbocycles. The summed E-state index contributed by atoms with van der Waals surface area (Å²) in [5, 5.41) is 33.4. The summed E-state index contributed by atoms with van der Waals surface area (Å²) in [7, 11) is 0. The molecule has 0 fully saturated rings. The number of hydrogen-bond acceptors (Lipinski definition) is 4. The molecule has 0 rings (SSSR count). The lowest BCUT2D eigenvalue weighted by Gasteiger charge is -2.21. The van der Waals surface area contributed by atoms with E-state index in [-0.39, 0.29) is 6.61 Å². The van der Waals surface area contributed by atoms with Crippen LogP contribution in [-0.2, 0) is 4.79 Å². The van der Waals surface area contributed by atoms with Crippen molar-refractivity contribution in [2.24, 2.45) is 0 Å². The third-order valence-corrected chi connectivity index (χ3v) is 14.3. The highest BCUT2D eigenvalue weighted by molar-refractivity contribution is 5.80. The summed E-state index contributed by atoms with van der Waals surface area (Å²) in [6, 6.07) is -0.813. The van der Waals surface area contributed by atoms with E-state index in [1.165, 1.54) is 276 Å². The minimum atomic E-state index is -1.10. The summed E-state index contributed by atoms with van der Waals surface area (Å²) in [4.78, 5) is 12.6. The van der Waals surface area contributed by atoms with E-state index in [0.29, 0.717) is 6.42 Å². The summed E-state index contributed by atoms with van der Waals surface area (Å²) in [6.07, 6.45) is 72.8. The average Bonchev–Trinajstić information content (AvgIpc) is 3.32. The van der Waals surface area contributed by atoms with Gasteiger partial charge < -0.3 is 20.6 Å². The van der Waals surface area contributed by atoms with Crippen LogP contribution in [0.3, 0.4) is 0 Å². The van der Waals surface area contributed by atoms with Gasteiger partial charge in [-0.1, -0.05) is 327 Å². The Morgan fingerprint density at radius 3 is 0.924 bits per heavy atom. The van der Waals surface area contributed by atoms with Gasteiger partial charge in [0.1, 0.15) is 6.10 Å². The van der Waals surface area contributed by atoms with E-state index in [9.17, 15) is 20.1 Å². The number of allylic oxidation sites excluding steroid dienone is 3. The van der Waals surface area contributed by atoms with Crippen LogP contribution in [-0.4, -0.2) is 46.1 Å². The van der Waals surface area contributed by atoms with Gasteiger partial charge in [-0.3, -0.25) is 4.79 Å². The molecule has 66 heavy (non-hydrogen) atoms. The molecule has 0 saturated carbocycles. The molecule has 0 aromatic carbocycles. The fraction of sp³-hybridized carbons (Fsp3) is 0.918. The topological polar surface area (TPSA) is 89.8 Å². The summed E-state index contributed by atoms with van der Waals surface area (Å²) >= 11 is 0. The minimum Gasteiger partial charge on any atom is -0.394 e. The van der Waals surface area contributed by atoms with E-state index in [2.05, 4.69) is 31.3 Å². The van der Waals surface area contributed by atoms with Crippen molar-refractivity contribution >= 4 is 5.91 Å². The van der Waals surface area contributed by atoms with Gasteiger partial charge in [-0.15, -0.1) is 0 Å². The maximum Gasteiger partial charge on any atom is 0.249 e. The van der Waals surface area contributed by atoms with Crippen LogP contribution < -0.4 is 5.32 Å². The Labute approximate surface area is 413 Å². The van der Waals surface area contributed by atoms with Crippen LogP contribution in [0.4, 0.5) is 0 Å². The highest BCUT2D eigenvalue weighted by atomic mass is 16.3. The number of aliphatic hydroxyl groups is 3. The molecule has 4 N–H and O–H groups in total. The van der Waals surface area contributed by atoms with E-state index in [1.807, 2.05) is 6.08 Å². The molecule has 5 heteroatoms. The predicted octanol–water partition coefficient (Wildman–Crippen LogP) is 18.8. The van der Waals surface area contributed by atoms with Crippen molar-refractivity contribution in [2.45, 2.75) is 353 Å². The Morgan fingerprint density at radius 1 is 0.364 bits per heavy atom. The Hall–Kier alpha value is -1.17. The third-order valence-electron chi connectivity index (χ3n) is 14.3. The fourth-order valence-electron chi connectivity index (χ4n) is 9.62. The van der Waals surface area contributed by atoms with E-state index in [0.717, 1.165) is 38.5 Å². The van der Waals surface area contributed by atoms with Crippen LogP contribution in [0.15, 0.2) is 24.3 Å². The molecule has 0 bridgehead atoms. The summed E-state index contributed by atoms with van der Waals surface area (Å²) in [5.74, 6) is -0.506. The molecule has 0 aromatic heterocycles. The van der Waals surface area contributed by atoms with Gasteiger partial charge in [-0.2, -0.15) is 0 Å². The average molecular weight is 931 g/mol. The first kappa shape index (κ1) is 64.8. The number of aliphatic hydroxyl groups excluding tert-OH is 3. The highest BCUT2D eigenvalue weighted by Crippen LogP contribution is 2.18. The fourth-order valence-corrected chi connectivity index (χ4v) is 9.62. The van der Waals surface area contributed by atoms with Gasteiger partial charge in [-0.25, -0.2) is 0 Å². The lowest BCUT2D eigenvalue weighted by atomic mass is 10.0. The summed E-state index contributed by atoms with van der Waals surface area (Å²) in [6.45, 7) is 4.22. The maximum atomic E-state index is 12.6. The second kappa shape index (κ2) is 56.4. The molecule has 0 spiro atoms. The van der Waals surface area contributed by atoms with E-state index >= 15 is 0 Å². The second-order valence-electron chi connectivity index (χ2n) is 20.9. The van der Waals surface area contributed by atoms with Crippen molar-refractivity contribution in [2.75, 3.05) is 6.61 Å². The molecule has 0 aromatic rings. The quantitative estimate of drug-likeness (QED) is 0.0361. The smallest absolute Gasteiger partial charge is 0.249 e. The van der Waals surface area contributed by atoms with Gasteiger partial charge in [0, 0.05) is 0 Å². The molecular weight excluding hydrogens is 811 g/mol. The number of carbonyl (C=O) groups is 1. The summed E-state index contributed by atoms with van der Waals surface area (Å²) in [5.41, 5.74) is 0. The second-order valence-corrected chi connectivity index (χ2v) is 20.9. The van der Waals surface area contributed by atoms with Gasteiger partial charge in [0.25, 0.3) is 0 Å². The number of amides is 1. The summed E-state index contributed by atoms with van der Waals surface area (Å²) < 4.78 is 0. The van der Waals surface area contributed by atoms with Crippen molar-refractivity contribution in [1.82, 2.24) is 5.32 Å². The molecule has 1 amide bonds. The largest absolute Gasteiger partial charge is 0.394 e. The number of hydrogen-bond donors (Lipinski definition) is 4. The van der Waals surface area contributed by atoms with Crippen molar-refractivity contribution in [3.05, 3.63) is 24.3 Å². The van der Waals surface area contributed by atoms with Crippen LogP contribution in [0.5, 0.6) is 0 Å². The maximum absolute atomic E-state index is 12.6. The van der Waals surface area contributed by atoms with Gasteiger partial charge >= 0.3 is 0 Å². The molecule has 3 atom stereocenters. The molecule has 0 aliphatic heterocycles. The molecule has 0 aliphatic rings. The molecule has 0 heterocycles. The number of unbranched alkanes of at least 4 members (excludes halogenated alkanes) is 46. The molecule has 3 unspecified atom stereocenters. The first-order chi connectivity index (χ1) is 32.6. The van der Waals surface area contributed by atoms with Gasteiger partial charge in [-0.05, 0) is 32.1 Å². The zero-order valence-corrected chi connectivity index (χ0v) is 44.9. The van der Waals surface area contributed by atoms with Crippen molar-refractivity contribution in [1.29, 1.82) is 0 Å². The van der Waals surface area contributed by atoms with Crippen molar-refractivity contribution in [3.8, 4) is 0 Å². The molecule has 5 nitrogen and oxygen atoms in total. The molecule has 392 valence electrons. The third kappa shape index (κ3) is 50.7. The number of carbonyl (C=O) groups excluding carboxylic acids is 1. The lowest BCUT2D eigenvalue weighted by molar-refractivity contribution is -0.131. The van der Waals surface area contributed by atoms with Gasteiger partial charge in [0.2, 0.25) is 5.91 Å². The Morgan fingerprint density at radius 2 is 0.621 bits per heavy atom. The van der Waals surface area contributed by atoms with E-state index in [4.69, 9.17) is 0 Å². The normalized spacial score (nSPS) is 13.3. The zero-order chi connectivity index (χ0) is 47.9. The number of nitrogens with one attached hydrogen (secondary N) is 1. The molecule has 0 saturated heterocycles. The Kier molecular flexibility index (Phi) is 55.4. The van der Waals surface area contributed by atoms with Crippen molar-refractivity contribution in [3.63, 3.8) is 0 Å². The first-order valence-electron chi connectivity index (χ1n) is 30.2. The standard InChI is InChI=1S/C61H119NO4/c1-3-5-7-9-11-13-15-17-19-21-23-25-27-29-30-32-34-36-38-40-42-44-46-48-50-52-54-56-60(65)61(66)62-58(57-63)59(64)55-53-51-49-47-45-43-41-39-37-35-33-31-28-26-24-22-20-18-16-14-12-10-8-6-4-2/h45,47,53,55,58-60,63-65H,3-44,46,48-52,54,56-57H2,1-2H3,(H,62,66)/b47-45+,55-53+. The SMILES string of the molecule is CCCCCCCCCCCCCCCCCCCCC/C=C/CC/C=C/C(O)C(CO)NC(=O)C(O)CCCCCCCCCCCCCCCCCCCCCCCCCCCCC. The predicted molar refractivity (Wildman–Crippen MR) is 292 cm³/mol. The monoisotopic (exact) mass is 930 g/mol. The van der Waals surface area contributed by atoms with Crippen LogP contribution in [0, 0.1) is 0 Å². The zero-order valence-electron chi connectivity index (χ0n) is 44.9. The van der Waals surface area contributed by atoms with Crippen LogP contribution in [0.1, 0.15) is 335 Å². The molecular formula is C61H119NO4. The van der Waals surface area contributed by atoms with E-state index in [1.54, 1.807) is 6.08 Å². The van der Waals surface area contributed by atoms with Gasteiger partial charge in [0.15, 0.2) is 0 Å². The van der Waals surface area contributed by atoms with Crippen LogP contribution in [0.25, 0.3) is 0 Å². The van der Waals surface area contributed by atoms with Crippen LogP contribution >= 0.6 is 0 Å². The van der Waals surface area contributed by atoms with E-state index < -0.39 is 24.2 Å². The Bertz CT molecular complexity index is 982. The van der Waals surface area contributed by atoms with Gasteiger partial charge in [0.05, 0.1) is 18.8 Å². The Balaban J connectivity index is 3.55. The molecule has 0 radical (unpaired) electrons. The minimum absolute atomic E-state index is 0.372.